The molecule has 0 saturated heterocycles. The topological polar surface area (TPSA) is 110 Å². The Hall–Kier alpha value is -1.21. The Morgan fingerprint density at radius 3 is 0.900 bits per heavy atom. The second kappa shape index (κ2) is 58.7. The summed E-state index contributed by atoms with van der Waals surface area (Å²) >= 11 is 0. The van der Waals surface area contributed by atoms with E-state index in [9.17, 15) is 25.2 Å². The van der Waals surface area contributed by atoms with E-state index in [4.69, 9.17) is 0 Å². The van der Waals surface area contributed by atoms with Crippen LogP contribution in [-0.4, -0.2) is 57.3 Å². The lowest BCUT2D eigenvalue weighted by Crippen LogP contribution is -2.53. The first-order valence-electron chi connectivity index (χ1n) is 31.7. The quantitative estimate of drug-likeness (QED) is 0.0308. The standard InChI is InChI=1S/C64H125NO5/c1-3-5-7-9-11-13-15-17-19-21-23-25-27-28-29-30-31-32-33-34-35-36-38-39-41-43-45-47-49-51-53-55-57-61(67)63(69)60(59-66)65-64(70)62(68)58-56-54-52-50-48-46-44-42-40-37-26-24-22-20-18-16-14-12-10-8-6-4-2/h24,26,40,42,60-63,66-69H,3-23,25,27-39,41,43-59H2,1-2H3,(H,65,70)/b26-24-,42-40-. The largest absolute Gasteiger partial charge is 0.394 e. The van der Waals surface area contributed by atoms with Crippen LogP contribution >= 0.6 is 0 Å². The summed E-state index contributed by atoms with van der Waals surface area (Å²) in [5.74, 6) is -0.586. The van der Waals surface area contributed by atoms with Gasteiger partial charge in [0.05, 0.1) is 18.8 Å². The summed E-state index contributed by atoms with van der Waals surface area (Å²) < 4.78 is 0. The van der Waals surface area contributed by atoms with Crippen LogP contribution in [0.15, 0.2) is 24.3 Å². The molecule has 0 aromatic carbocycles. The number of aliphatic hydroxyl groups excluding tert-OH is 4. The number of hydrogen-bond acceptors (Lipinski definition) is 5. The van der Waals surface area contributed by atoms with Crippen LogP contribution in [0.1, 0.15) is 348 Å². The zero-order valence-corrected chi connectivity index (χ0v) is 47.3. The van der Waals surface area contributed by atoms with E-state index in [-0.39, 0.29) is 0 Å². The molecule has 4 atom stereocenters. The number of carbonyl (C=O) groups excluding carboxylic acids is 1. The summed E-state index contributed by atoms with van der Waals surface area (Å²) in [4.78, 5) is 12.6. The molecule has 0 aliphatic heterocycles. The first-order chi connectivity index (χ1) is 34.5. The average Bonchev–Trinajstić information content (AvgIpc) is 3.36. The van der Waals surface area contributed by atoms with Crippen LogP contribution in [0.25, 0.3) is 0 Å². The van der Waals surface area contributed by atoms with Crippen molar-refractivity contribution in [2.24, 2.45) is 0 Å². The van der Waals surface area contributed by atoms with Crippen LogP contribution in [-0.2, 0) is 4.79 Å². The molecule has 6 nitrogen and oxygen atoms in total. The van der Waals surface area contributed by atoms with Crippen LogP contribution < -0.4 is 5.32 Å². The first-order valence-corrected chi connectivity index (χ1v) is 31.7. The summed E-state index contributed by atoms with van der Waals surface area (Å²) in [7, 11) is 0. The molecule has 6 heteroatoms. The number of carbonyl (C=O) groups is 1. The zero-order valence-electron chi connectivity index (χ0n) is 47.3. The molecule has 0 spiro atoms. The second-order valence-electron chi connectivity index (χ2n) is 22.1. The summed E-state index contributed by atoms with van der Waals surface area (Å²) in [6.45, 7) is 4.09. The molecule has 0 radical (unpaired) electrons. The molecule has 0 aromatic rings. The van der Waals surface area contributed by atoms with Crippen molar-refractivity contribution >= 4 is 5.91 Å². The second-order valence-corrected chi connectivity index (χ2v) is 22.1. The van der Waals surface area contributed by atoms with Gasteiger partial charge in [-0.1, -0.05) is 327 Å². The maximum absolute atomic E-state index is 12.6. The van der Waals surface area contributed by atoms with Gasteiger partial charge in [0.15, 0.2) is 0 Å². The fourth-order valence-corrected chi connectivity index (χ4v) is 10.2. The van der Waals surface area contributed by atoms with Crippen LogP contribution in [0, 0.1) is 0 Å². The van der Waals surface area contributed by atoms with Crippen LogP contribution in [0.2, 0.25) is 0 Å². The maximum Gasteiger partial charge on any atom is 0.249 e. The Bertz CT molecular complexity index is 1060. The van der Waals surface area contributed by atoms with Gasteiger partial charge in [-0.25, -0.2) is 0 Å². The minimum absolute atomic E-state index is 0.359. The van der Waals surface area contributed by atoms with Gasteiger partial charge in [-0.2, -0.15) is 0 Å². The van der Waals surface area contributed by atoms with E-state index in [2.05, 4.69) is 43.5 Å². The van der Waals surface area contributed by atoms with Crippen LogP contribution in [0.3, 0.4) is 0 Å². The molecule has 0 heterocycles. The molecule has 0 aliphatic carbocycles. The molecular formula is C64H125NO5. The third kappa shape index (κ3) is 51.7. The van der Waals surface area contributed by atoms with E-state index in [1.54, 1.807) is 0 Å². The monoisotopic (exact) mass is 988 g/mol. The predicted octanol–water partition coefficient (Wildman–Crippen LogP) is 19.0. The minimum atomic E-state index is -1.26. The third-order valence-corrected chi connectivity index (χ3v) is 15.2. The van der Waals surface area contributed by atoms with Crippen molar-refractivity contribution < 1.29 is 25.2 Å². The number of hydrogen-bond donors (Lipinski definition) is 5. The number of rotatable bonds is 59. The SMILES string of the molecule is CCCCCCCCCCC/C=C\C/C=C\CCCCCCCCC(O)C(=O)NC(CO)C(O)C(O)CCCCCCCCCCCCCCCCCCCCCCCCCCCCCCCCCC. The molecule has 1 amide bonds. The number of allylic oxidation sites excluding steroid dienone is 4. The van der Waals surface area contributed by atoms with Gasteiger partial charge in [0.1, 0.15) is 12.2 Å². The highest BCUT2D eigenvalue weighted by atomic mass is 16.3. The Morgan fingerprint density at radius 2 is 0.614 bits per heavy atom. The summed E-state index contributed by atoms with van der Waals surface area (Å²) in [5.41, 5.74) is 0. The molecule has 0 fully saturated rings. The van der Waals surface area contributed by atoms with E-state index < -0.39 is 36.9 Å². The number of amides is 1. The average molecular weight is 989 g/mol. The molecule has 4 unspecified atom stereocenters. The van der Waals surface area contributed by atoms with Crippen molar-refractivity contribution in [3.05, 3.63) is 24.3 Å². The van der Waals surface area contributed by atoms with Crippen molar-refractivity contribution in [1.82, 2.24) is 5.32 Å². The van der Waals surface area contributed by atoms with Crippen LogP contribution in [0.5, 0.6) is 0 Å². The lowest BCUT2D eigenvalue weighted by Gasteiger charge is -2.27. The fraction of sp³-hybridized carbons (Fsp3) is 0.922. The Labute approximate surface area is 437 Å². The van der Waals surface area contributed by atoms with E-state index in [1.807, 2.05) is 0 Å². The maximum atomic E-state index is 12.6. The summed E-state index contributed by atoms with van der Waals surface area (Å²) in [5, 5.41) is 44.1. The van der Waals surface area contributed by atoms with E-state index in [1.165, 1.54) is 263 Å². The smallest absolute Gasteiger partial charge is 0.249 e. The van der Waals surface area contributed by atoms with Gasteiger partial charge in [0, 0.05) is 0 Å². The minimum Gasteiger partial charge on any atom is -0.394 e. The molecule has 0 bridgehead atoms. The van der Waals surface area contributed by atoms with Gasteiger partial charge in [-0.15, -0.1) is 0 Å². The van der Waals surface area contributed by atoms with E-state index in [0.717, 1.165) is 57.8 Å². The molecule has 5 N–H and O–H groups in total. The van der Waals surface area contributed by atoms with Gasteiger partial charge in [-0.05, 0) is 44.9 Å². The molecule has 0 rings (SSSR count). The number of nitrogens with one attached hydrogen (secondary N) is 1. The van der Waals surface area contributed by atoms with Crippen molar-refractivity contribution in [3.8, 4) is 0 Å². The normalized spacial score (nSPS) is 13.7. The van der Waals surface area contributed by atoms with Crippen LogP contribution in [0.4, 0.5) is 0 Å². The Morgan fingerprint density at radius 1 is 0.357 bits per heavy atom. The van der Waals surface area contributed by atoms with E-state index in [0.29, 0.717) is 12.8 Å². The molecular weight excluding hydrogens is 863 g/mol. The summed E-state index contributed by atoms with van der Waals surface area (Å²) in [6.07, 6.45) is 72.7. The van der Waals surface area contributed by atoms with Gasteiger partial charge >= 0.3 is 0 Å². The first kappa shape index (κ1) is 68.8. The molecule has 70 heavy (non-hydrogen) atoms. The number of unbranched alkanes of at least 4 members (excludes halogenated alkanes) is 46. The Kier molecular flexibility index (Phi) is 57.7. The molecule has 0 aliphatic rings. The van der Waals surface area contributed by atoms with Crippen molar-refractivity contribution in [3.63, 3.8) is 0 Å². The third-order valence-electron chi connectivity index (χ3n) is 15.2. The lowest BCUT2D eigenvalue weighted by atomic mass is 9.99. The molecule has 0 saturated carbocycles. The highest BCUT2D eigenvalue weighted by Gasteiger charge is 2.28. The molecule has 416 valence electrons. The van der Waals surface area contributed by atoms with Crippen molar-refractivity contribution in [1.29, 1.82) is 0 Å². The lowest BCUT2D eigenvalue weighted by molar-refractivity contribution is -0.132. The fourth-order valence-electron chi connectivity index (χ4n) is 10.2. The van der Waals surface area contributed by atoms with Crippen molar-refractivity contribution in [2.75, 3.05) is 6.61 Å². The highest BCUT2D eigenvalue weighted by Crippen LogP contribution is 2.19. The van der Waals surface area contributed by atoms with Gasteiger partial charge in [-0.3, -0.25) is 4.79 Å². The zero-order chi connectivity index (χ0) is 50.9. The van der Waals surface area contributed by atoms with Gasteiger partial charge in [0.2, 0.25) is 5.91 Å². The number of aliphatic hydroxyl groups is 4. The van der Waals surface area contributed by atoms with Crippen molar-refractivity contribution in [2.45, 2.75) is 372 Å². The summed E-state index contributed by atoms with van der Waals surface area (Å²) in [6, 6.07) is -0.991. The Balaban J connectivity index is 3.57. The molecule has 0 aromatic heterocycles. The van der Waals surface area contributed by atoms with E-state index >= 15 is 0 Å². The highest BCUT2D eigenvalue weighted by molar-refractivity contribution is 5.80. The van der Waals surface area contributed by atoms with Gasteiger partial charge < -0.3 is 25.7 Å². The van der Waals surface area contributed by atoms with Gasteiger partial charge in [0.25, 0.3) is 0 Å². The predicted molar refractivity (Wildman–Crippen MR) is 307 cm³/mol.